The number of likely N-dealkylation sites (N-methyl/N-ethyl adjacent to an activating group) is 1. The molecule has 1 fully saturated rings. The molecule has 0 spiro atoms. The van der Waals surface area contributed by atoms with Crippen molar-refractivity contribution in [2.45, 2.75) is 19.9 Å². The van der Waals surface area contributed by atoms with Crippen molar-refractivity contribution in [2.24, 2.45) is 17.6 Å². The van der Waals surface area contributed by atoms with Crippen LogP contribution < -0.4 is 11.1 Å². The number of hydrogen-bond acceptors (Lipinski definition) is 4. The molecule has 0 saturated carbocycles. The Kier molecular flexibility index (Phi) is 5.88. The van der Waals surface area contributed by atoms with Crippen molar-refractivity contribution in [3.63, 3.8) is 0 Å². The highest BCUT2D eigenvalue weighted by molar-refractivity contribution is 5.81. The molecular weight excluding hydrogens is 218 g/mol. The van der Waals surface area contributed by atoms with Crippen LogP contribution in [-0.2, 0) is 9.53 Å². The summed E-state index contributed by atoms with van der Waals surface area (Å²) in [5, 5.41) is 2.69. The fourth-order valence-electron chi connectivity index (χ4n) is 2.12. The van der Waals surface area contributed by atoms with Crippen LogP contribution in [0.5, 0.6) is 0 Å². The van der Waals surface area contributed by atoms with E-state index in [0.717, 1.165) is 13.1 Å². The predicted molar refractivity (Wildman–Crippen MR) is 67.6 cm³/mol. The number of nitrogens with one attached hydrogen (secondary N) is 1. The number of ether oxygens (including phenoxy) is 1. The van der Waals surface area contributed by atoms with Crippen molar-refractivity contribution in [1.29, 1.82) is 0 Å². The quantitative estimate of drug-likeness (QED) is 0.693. The number of nitrogens with zero attached hydrogens (tertiary/aromatic N) is 1. The lowest BCUT2D eigenvalue weighted by Crippen LogP contribution is -2.55. The lowest BCUT2D eigenvalue weighted by Gasteiger charge is -2.37. The molecule has 1 aliphatic heterocycles. The van der Waals surface area contributed by atoms with E-state index < -0.39 is 0 Å². The number of nitrogens with two attached hydrogens (primary N) is 1. The first-order valence-electron chi connectivity index (χ1n) is 6.33. The minimum Gasteiger partial charge on any atom is -0.378 e. The molecule has 100 valence electrons. The highest BCUT2D eigenvalue weighted by Gasteiger charge is 2.30. The van der Waals surface area contributed by atoms with Gasteiger partial charge in [0.15, 0.2) is 0 Å². The van der Waals surface area contributed by atoms with E-state index in [9.17, 15) is 4.79 Å². The summed E-state index contributed by atoms with van der Waals surface area (Å²) in [6.45, 7) is 7.87. The van der Waals surface area contributed by atoms with Gasteiger partial charge in [0.2, 0.25) is 5.91 Å². The Balaban J connectivity index is 2.61. The Morgan fingerprint density at radius 3 is 2.82 bits per heavy atom. The molecule has 0 aliphatic carbocycles. The summed E-state index contributed by atoms with van der Waals surface area (Å²) in [5.41, 5.74) is 5.79. The highest BCUT2D eigenvalue weighted by Crippen LogP contribution is 2.15. The fourth-order valence-corrected chi connectivity index (χ4v) is 2.12. The van der Waals surface area contributed by atoms with Gasteiger partial charge in [-0.05, 0) is 18.4 Å². The molecule has 17 heavy (non-hydrogen) atoms. The van der Waals surface area contributed by atoms with Crippen LogP contribution in [0, 0.1) is 11.8 Å². The minimum absolute atomic E-state index is 0.0317. The lowest BCUT2D eigenvalue weighted by molar-refractivity contribution is -0.132. The Hall–Kier alpha value is -0.650. The van der Waals surface area contributed by atoms with E-state index in [4.69, 9.17) is 10.5 Å². The Morgan fingerprint density at radius 2 is 2.29 bits per heavy atom. The Bertz CT molecular complexity index is 246. The average molecular weight is 243 g/mol. The van der Waals surface area contributed by atoms with Gasteiger partial charge < -0.3 is 15.8 Å². The molecule has 5 heteroatoms. The Morgan fingerprint density at radius 1 is 1.59 bits per heavy atom. The third-order valence-electron chi connectivity index (χ3n) is 3.50. The van der Waals surface area contributed by atoms with E-state index in [-0.39, 0.29) is 11.9 Å². The molecule has 1 saturated heterocycles. The first-order chi connectivity index (χ1) is 8.10. The van der Waals surface area contributed by atoms with E-state index in [0.29, 0.717) is 31.6 Å². The predicted octanol–water partition coefficient (Wildman–Crippen LogP) is -0.336. The van der Waals surface area contributed by atoms with Crippen LogP contribution in [-0.4, -0.2) is 56.7 Å². The molecule has 5 nitrogen and oxygen atoms in total. The van der Waals surface area contributed by atoms with E-state index in [2.05, 4.69) is 24.1 Å². The molecule has 1 heterocycles. The highest BCUT2D eigenvalue weighted by atomic mass is 16.5. The van der Waals surface area contributed by atoms with Gasteiger partial charge in [0.25, 0.3) is 0 Å². The van der Waals surface area contributed by atoms with Gasteiger partial charge >= 0.3 is 0 Å². The van der Waals surface area contributed by atoms with Crippen LogP contribution in [0.4, 0.5) is 0 Å². The van der Waals surface area contributed by atoms with Crippen molar-refractivity contribution < 1.29 is 9.53 Å². The second kappa shape index (κ2) is 6.93. The van der Waals surface area contributed by atoms with E-state index in [1.807, 2.05) is 0 Å². The normalized spacial score (nSPS) is 23.7. The van der Waals surface area contributed by atoms with Crippen molar-refractivity contribution >= 4 is 5.91 Å². The van der Waals surface area contributed by atoms with Crippen LogP contribution in [0.1, 0.15) is 13.8 Å². The van der Waals surface area contributed by atoms with Gasteiger partial charge in [-0.15, -0.1) is 0 Å². The fraction of sp³-hybridized carbons (Fsp3) is 0.917. The van der Waals surface area contributed by atoms with Gasteiger partial charge in [-0.3, -0.25) is 9.69 Å². The topological polar surface area (TPSA) is 67.6 Å². The first kappa shape index (κ1) is 14.4. The molecule has 0 radical (unpaired) electrons. The monoisotopic (exact) mass is 243 g/mol. The summed E-state index contributed by atoms with van der Waals surface area (Å²) >= 11 is 0. The molecule has 0 aromatic carbocycles. The maximum absolute atomic E-state index is 11.8. The van der Waals surface area contributed by atoms with Crippen molar-refractivity contribution in [3.8, 4) is 0 Å². The number of carbonyl (C=O) groups excluding carboxylic acids is 1. The minimum atomic E-state index is -0.165. The molecule has 0 aromatic rings. The van der Waals surface area contributed by atoms with Crippen LogP contribution in [0.2, 0.25) is 0 Å². The number of amides is 1. The SMILES string of the molecule is CNC(=O)C1COCCN1CC(CN)C(C)C. The zero-order valence-corrected chi connectivity index (χ0v) is 11.1. The second-order valence-electron chi connectivity index (χ2n) is 4.94. The van der Waals surface area contributed by atoms with Gasteiger partial charge in [-0.2, -0.15) is 0 Å². The van der Waals surface area contributed by atoms with Gasteiger partial charge in [-0.25, -0.2) is 0 Å². The smallest absolute Gasteiger partial charge is 0.239 e. The summed E-state index contributed by atoms with van der Waals surface area (Å²) in [4.78, 5) is 13.9. The molecule has 2 unspecified atom stereocenters. The summed E-state index contributed by atoms with van der Waals surface area (Å²) in [6, 6.07) is -0.165. The molecular formula is C12H25N3O2. The molecule has 2 atom stereocenters. The van der Waals surface area contributed by atoms with Crippen molar-refractivity contribution in [1.82, 2.24) is 10.2 Å². The maximum Gasteiger partial charge on any atom is 0.239 e. The van der Waals surface area contributed by atoms with Crippen molar-refractivity contribution in [3.05, 3.63) is 0 Å². The standard InChI is InChI=1S/C12H25N3O2/c1-9(2)10(6-13)7-15-4-5-17-8-11(15)12(16)14-3/h9-11H,4-8,13H2,1-3H3,(H,14,16). The van der Waals surface area contributed by atoms with Crippen LogP contribution in [0.25, 0.3) is 0 Å². The van der Waals surface area contributed by atoms with Crippen LogP contribution in [0.15, 0.2) is 0 Å². The summed E-state index contributed by atoms with van der Waals surface area (Å²) in [7, 11) is 1.66. The Labute approximate surface area is 104 Å². The number of rotatable bonds is 5. The van der Waals surface area contributed by atoms with Gasteiger partial charge in [-0.1, -0.05) is 13.8 Å². The molecule has 0 bridgehead atoms. The lowest BCUT2D eigenvalue weighted by atomic mass is 9.94. The van der Waals surface area contributed by atoms with Gasteiger partial charge in [0.1, 0.15) is 6.04 Å². The first-order valence-corrected chi connectivity index (χ1v) is 6.33. The third-order valence-corrected chi connectivity index (χ3v) is 3.50. The summed E-state index contributed by atoms with van der Waals surface area (Å²) in [6.07, 6.45) is 0. The number of morpholine rings is 1. The van der Waals surface area contributed by atoms with E-state index in [1.54, 1.807) is 7.05 Å². The second-order valence-corrected chi connectivity index (χ2v) is 4.94. The number of hydrogen-bond donors (Lipinski definition) is 2. The summed E-state index contributed by atoms with van der Waals surface area (Å²) in [5.74, 6) is 0.998. The molecule has 0 aromatic heterocycles. The zero-order chi connectivity index (χ0) is 12.8. The van der Waals surface area contributed by atoms with Gasteiger partial charge in [0.05, 0.1) is 13.2 Å². The van der Waals surface area contributed by atoms with Crippen LogP contribution in [0.3, 0.4) is 0 Å². The molecule has 1 amide bonds. The van der Waals surface area contributed by atoms with E-state index in [1.165, 1.54) is 0 Å². The maximum atomic E-state index is 11.8. The third kappa shape index (κ3) is 3.94. The van der Waals surface area contributed by atoms with Crippen molar-refractivity contribution in [2.75, 3.05) is 39.9 Å². The zero-order valence-electron chi connectivity index (χ0n) is 11.1. The van der Waals surface area contributed by atoms with E-state index >= 15 is 0 Å². The molecule has 3 N–H and O–H groups in total. The largest absolute Gasteiger partial charge is 0.378 e. The molecule has 1 aliphatic rings. The average Bonchev–Trinajstić information content (AvgIpc) is 2.35. The molecule has 1 rings (SSSR count). The van der Waals surface area contributed by atoms with Gasteiger partial charge in [0, 0.05) is 20.1 Å². The number of carbonyl (C=O) groups is 1. The summed E-state index contributed by atoms with van der Waals surface area (Å²) < 4.78 is 5.38. The van der Waals surface area contributed by atoms with Crippen LogP contribution >= 0.6 is 0 Å².